The van der Waals surface area contributed by atoms with Crippen LogP contribution in [0.25, 0.3) is 0 Å². The summed E-state index contributed by atoms with van der Waals surface area (Å²) in [5.74, 6) is 1.93. The summed E-state index contributed by atoms with van der Waals surface area (Å²) in [6.45, 7) is 3.06. The molecule has 1 rings (SSSR count). The minimum absolute atomic E-state index is 0.378. The van der Waals surface area contributed by atoms with Gasteiger partial charge in [0.15, 0.2) is 5.17 Å². The van der Waals surface area contributed by atoms with Gasteiger partial charge < -0.3 is 5.32 Å². The Kier molecular flexibility index (Phi) is 5.55. The van der Waals surface area contributed by atoms with Crippen molar-refractivity contribution >= 4 is 27.7 Å². The first-order valence-electron chi connectivity index (χ1n) is 4.92. The van der Waals surface area contributed by atoms with Gasteiger partial charge >= 0.3 is 0 Å². The zero-order chi connectivity index (χ0) is 10.4. The van der Waals surface area contributed by atoms with Crippen molar-refractivity contribution in [3.05, 3.63) is 0 Å². The van der Waals surface area contributed by atoms with Crippen LogP contribution in [-0.4, -0.2) is 39.7 Å². The van der Waals surface area contributed by atoms with Crippen LogP contribution in [0.1, 0.15) is 19.8 Å². The van der Waals surface area contributed by atoms with Crippen molar-refractivity contribution < 1.29 is 4.21 Å². The fourth-order valence-electron chi connectivity index (χ4n) is 1.17. The summed E-state index contributed by atoms with van der Waals surface area (Å²) in [6, 6.07) is 0.378. The smallest absolute Gasteiger partial charge is 0.156 e. The van der Waals surface area contributed by atoms with E-state index in [4.69, 9.17) is 0 Å². The first kappa shape index (κ1) is 12.0. The van der Waals surface area contributed by atoms with Gasteiger partial charge in [0.05, 0.1) is 0 Å². The molecule has 0 saturated carbocycles. The van der Waals surface area contributed by atoms with Gasteiger partial charge in [0, 0.05) is 41.1 Å². The molecule has 0 aliphatic carbocycles. The topological polar surface area (TPSA) is 41.5 Å². The lowest BCUT2D eigenvalue weighted by Gasteiger charge is -2.18. The molecule has 0 radical (unpaired) electrons. The van der Waals surface area contributed by atoms with E-state index in [0.717, 1.165) is 29.6 Å². The third-order valence-electron chi connectivity index (χ3n) is 2.00. The molecule has 1 aliphatic heterocycles. The molecule has 1 aliphatic rings. The Morgan fingerprint density at radius 3 is 3.07 bits per heavy atom. The van der Waals surface area contributed by atoms with Crippen LogP contribution >= 0.6 is 11.8 Å². The number of hydrogen-bond donors (Lipinski definition) is 1. The van der Waals surface area contributed by atoms with Gasteiger partial charge in [-0.05, 0) is 19.8 Å². The molecule has 1 N–H and O–H groups in total. The highest BCUT2D eigenvalue weighted by Crippen LogP contribution is 2.11. The van der Waals surface area contributed by atoms with Crippen LogP contribution in [0.4, 0.5) is 0 Å². The SMILES string of the molecule is CC(CCS(C)=O)NC1=NCCCS1. The summed E-state index contributed by atoms with van der Waals surface area (Å²) in [6.07, 6.45) is 3.88. The van der Waals surface area contributed by atoms with E-state index in [-0.39, 0.29) is 0 Å². The highest BCUT2D eigenvalue weighted by Gasteiger charge is 2.09. The third-order valence-corrected chi connectivity index (χ3v) is 3.83. The first-order valence-corrected chi connectivity index (χ1v) is 7.63. The zero-order valence-electron chi connectivity index (χ0n) is 8.78. The molecule has 0 amide bonds. The van der Waals surface area contributed by atoms with E-state index < -0.39 is 10.8 Å². The van der Waals surface area contributed by atoms with E-state index in [1.54, 1.807) is 18.0 Å². The molecule has 0 aromatic carbocycles. The predicted molar refractivity (Wildman–Crippen MR) is 65.5 cm³/mol. The van der Waals surface area contributed by atoms with Crippen LogP contribution in [0.15, 0.2) is 4.99 Å². The van der Waals surface area contributed by atoms with E-state index in [0.29, 0.717) is 6.04 Å². The van der Waals surface area contributed by atoms with Crippen LogP contribution in [-0.2, 0) is 10.8 Å². The lowest BCUT2D eigenvalue weighted by atomic mass is 10.3. The van der Waals surface area contributed by atoms with Crippen molar-refractivity contribution in [1.82, 2.24) is 5.32 Å². The van der Waals surface area contributed by atoms with Gasteiger partial charge in [-0.15, -0.1) is 0 Å². The van der Waals surface area contributed by atoms with Crippen molar-refractivity contribution in [2.75, 3.05) is 24.3 Å². The van der Waals surface area contributed by atoms with Crippen LogP contribution in [0, 0.1) is 0 Å². The molecule has 0 aromatic heterocycles. The van der Waals surface area contributed by atoms with Crippen molar-refractivity contribution in [2.24, 2.45) is 4.99 Å². The maximum Gasteiger partial charge on any atom is 0.156 e. The molecule has 0 bridgehead atoms. The second-order valence-corrected chi connectivity index (χ2v) is 6.14. The van der Waals surface area contributed by atoms with E-state index >= 15 is 0 Å². The second kappa shape index (κ2) is 6.45. The van der Waals surface area contributed by atoms with E-state index in [1.807, 2.05) is 0 Å². The Morgan fingerprint density at radius 2 is 2.50 bits per heavy atom. The van der Waals surface area contributed by atoms with Gasteiger partial charge in [0.1, 0.15) is 0 Å². The first-order chi connectivity index (χ1) is 6.68. The number of aliphatic imine (C=N–C) groups is 1. The standard InChI is InChI=1S/C9H18N2OS2/c1-8(4-7-14(2)12)11-9-10-5-3-6-13-9/h8H,3-7H2,1-2H3,(H,10,11). The monoisotopic (exact) mass is 234 g/mol. The van der Waals surface area contributed by atoms with E-state index in [9.17, 15) is 4.21 Å². The minimum atomic E-state index is -0.679. The van der Waals surface area contributed by atoms with Crippen molar-refractivity contribution in [3.63, 3.8) is 0 Å². The summed E-state index contributed by atoms with van der Waals surface area (Å²) in [7, 11) is -0.679. The van der Waals surface area contributed by atoms with Crippen LogP contribution in [0.5, 0.6) is 0 Å². The highest BCUT2D eigenvalue weighted by molar-refractivity contribution is 8.13. The Labute approximate surface area is 92.6 Å². The number of rotatable bonds is 4. The molecular weight excluding hydrogens is 216 g/mol. The molecule has 2 atom stereocenters. The van der Waals surface area contributed by atoms with Crippen LogP contribution in [0.2, 0.25) is 0 Å². The molecule has 14 heavy (non-hydrogen) atoms. The molecule has 0 spiro atoms. The Balaban J connectivity index is 2.21. The Bertz CT molecular complexity index is 231. The van der Waals surface area contributed by atoms with E-state index in [1.165, 1.54) is 6.42 Å². The molecule has 0 fully saturated rings. The second-order valence-electron chi connectivity index (χ2n) is 3.50. The van der Waals surface area contributed by atoms with Gasteiger partial charge in [-0.1, -0.05) is 11.8 Å². The van der Waals surface area contributed by atoms with Crippen molar-refractivity contribution in [1.29, 1.82) is 0 Å². The number of hydrogen-bond acceptors (Lipinski definition) is 4. The number of amidine groups is 1. The van der Waals surface area contributed by atoms with Gasteiger partial charge in [-0.2, -0.15) is 0 Å². The van der Waals surface area contributed by atoms with Gasteiger partial charge in [-0.25, -0.2) is 0 Å². The average Bonchev–Trinajstić information content (AvgIpc) is 2.16. The minimum Gasteiger partial charge on any atom is -0.362 e. The number of thioether (sulfide) groups is 1. The maximum absolute atomic E-state index is 10.9. The quantitative estimate of drug-likeness (QED) is 0.795. The zero-order valence-corrected chi connectivity index (χ0v) is 10.4. The van der Waals surface area contributed by atoms with Gasteiger partial charge in [-0.3, -0.25) is 9.20 Å². The third kappa shape index (κ3) is 5.00. The number of nitrogens with one attached hydrogen (secondary N) is 1. The Morgan fingerprint density at radius 1 is 1.71 bits per heavy atom. The average molecular weight is 234 g/mol. The molecule has 1 heterocycles. The molecule has 3 nitrogen and oxygen atoms in total. The van der Waals surface area contributed by atoms with Gasteiger partial charge in [0.2, 0.25) is 0 Å². The lowest BCUT2D eigenvalue weighted by Crippen LogP contribution is -2.33. The van der Waals surface area contributed by atoms with Crippen molar-refractivity contribution in [2.45, 2.75) is 25.8 Å². The van der Waals surface area contributed by atoms with Crippen LogP contribution in [0.3, 0.4) is 0 Å². The van der Waals surface area contributed by atoms with Gasteiger partial charge in [0.25, 0.3) is 0 Å². The summed E-state index contributed by atoms with van der Waals surface area (Å²) < 4.78 is 10.9. The molecule has 82 valence electrons. The normalized spacial score (nSPS) is 21.1. The molecule has 0 aromatic rings. The summed E-state index contributed by atoms with van der Waals surface area (Å²) >= 11 is 1.79. The molecular formula is C9H18N2OS2. The number of nitrogens with zero attached hydrogens (tertiary/aromatic N) is 1. The molecule has 0 saturated heterocycles. The maximum atomic E-state index is 10.9. The largest absolute Gasteiger partial charge is 0.362 e. The molecule has 5 heteroatoms. The fourth-order valence-corrected chi connectivity index (χ4v) is 2.79. The lowest BCUT2D eigenvalue weighted by molar-refractivity contribution is 0.636. The predicted octanol–water partition coefficient (Wildman–Crippen LogP) is 1.23. The summed E-state index contributed by atoms with van der Waals surface area (Å²) in [4.78, 5) is 4.39. The summed E-state index contributed by atoms with van der Waals surface area (Å²) in [5.41, 5.74) is 0. The Hall–Kier alpha value is -0.0300. The van der Waals surface area contributed by atoms with E-state index in [2.05, 4.69) is 17.2 Å². The highest BCUT2D eigenvalue weighted by atomic mass is 32.2. The summed E-state index contributed by atoms with van der Waals surface area (Å²) in [5, 5.41) is 4.41. The van der Waals surface area contributed by atoms with Crippen molar-refractivity contribution in [3.8, 4) is 0 Å². The molecule has 2 unspecified atom stereocenters. The van der Waals surface area contributed by atoms with Crippen LogP contribution < -0.4 is 5.32 Å². The fraction of sp³-hybridized carbons (Fsp3) is 0.889.